The van der Waals surface area contributed by atoms with Crippen LogP contribution in [0.25, 0.3) is 33.7 Å². The van der Waals surface area contributed by atoms with Gasteiger partial charge < -0.3 is 9.47 Å². The van der Waals surface area contributed by atoms with Crippen LogP contribution in [0.4, 0.5) is 11.4 Å². The van der Waals surface area contributed by atoms with E-state index < -0.39 is 0 Å². The third-order valence-corrected chi connectivity index (χ3v) is 7.14. The molecule has 0 saturated carbocycles. The van der Waals surface area contributed by atoms with Gasteiger partial charge in [0.25, 0.3) is 0 Å². The molecule has 8 nitrogen and oxygen atoms in total. The number of tetrazole rings is 1. The van der Waals surface area contributed by atoms with Gasteiger partial charge in [-0.25, -0.2) is 9.97 Å². The number of nitrogens with zero attached hydrogens (tertiary/aromatic N) is 7. The molecule has 1 N–H and O–H groups in total. The quantitative estimate of drug-likeness (QED) is 0.270. The average molecular weight is 515 g/mol. The number of H-pyrrole nitrogens is 1. The van der Waals surface area contributed by atoms with E-state index in [1.807, 2.05) is 25.1 Å². The number of anilines is 2. The molecule has 0 spiro atoms. The fraction of sp³-hybridized carbons (Fsp3) is 0.194. The molecule has 39 heavy (non-hydrogen) atoms. The molecule has 6 aromatic rings. The molecule has 3 aromatic carbocycles. The van der Waals surface area contributed by atoms with E-state index in [0.29, 0.717) is 12.4 Å². The third kappa shape index (κ3) is 4.65. The minimum Gasteiger partial charge on any atom is -0.345 e. The van der Waals surface area contributed by atoms with Gasteiger partial charge in [0.1, 0.15) is 11.3 Å². The smallest absolute Gasteiger partial charge is 0.205 e. The second-order valence-corrected chi connectivity index (χ2v) is 9.78. The SMILES string of the molecule is CCc1nc2c(C)cc(C)nc2n1Cc1ccc(-c2cc(N(C)c3ccccc3)ccc2-c2nn[nH]n2)cc1. The summed E-state index contributed by atoms with van der Waals surface area (Å²) >= 11 is 0. The first kappa shape index (κ1) is 24.5. The second-order valence-electron chi connectivity index (χ2n) is 9.78. The summed E-state index contributed by atoms with van der Waals surface area (Å²) in [5.74, 6) is 1.61. The number of nitrogens with one attached hydrogen (secondary N) is 1. The summed E-state index contributed by atoms with van der Waals surface area (Å²) in [5.41, 5.74) is 10.5. The molecular weight excluding hydrogens is 484 g/mol. The van der Waals surface area contributed by atoms with Crippen LogP contribution in [0.15, 0.2) is 78.9 Å². The molecular formula is C31H30N8. The molecule has 0 aliphatic carbocycles. The number of aromatic nitrogens is 7. The molecule has 0 aliphatic heterocycles. The van der Waals surface area contributed by atoms with Crippen molar-refractivity contribution in [3.8, 4) is 22.5 Å². The van der Waals surface area contributed by atoms with Crippen molar-refractivity contribution in [2.45, 2.75) is 33.7 Å². The van der Waals surface area contributed by atoms with Crippen molar-refractivity contribution >= 4 is 22.5 Å². The zero-order chi connectivity index (χ0) is 26.9. The summed E-state index contributed by atoms with van der Waals surface area (Å²) in [5, 5.41) is 14.9. The Balaban J connectivity index is 1.38. The summed E-state index contributed by atoms with van der Waals surface area (Å²) in [7, 11) is 2.07. The van der Waals surface area contributed by atoms with Gasteiger partial charge in [-0.2, -0.15) is 5.21 Å². The summed E-state index contributed by atoms with van der Waals surface area (Å²) in [6, 6.07) is 27.4. The predicted molar refractivity (Wildman–Crippen MR) is 155 cm³/mol. The topological polar surface area (TPSA) is 88.4 Å². The highest BCUT2D eigenvalue weighted by atomic mass is 15.5. The van der Waals surface area contributed by atoms with E-state index in [9.17, 15) is 0 Å². The number of hydrogen-bond acceptors (Lipinski definition) is 6. The normalized spacial score (nSPS) is 11.3. The highest BCUT2D eigenvalue weighted by molar-refractivity contribution is 5.84. The molecule has 0 unspecified atom stereocenters. The number of hydrogen-bond donors (Lipinski definition) is 1. The van der Waals surface area contributed by atoms with Crippen LogP contribution in [0.3, 0.4) is 0 Å². The molecule has 3 aromatic heterocycles. The molecule has 0 radical (unpaired) electrons. The molecule has 0 amide bonds. The van der Waals surface area contributed by atoms with E-state index in [1.165, 1.54) is 5.56 Å². The van der Waals surface area contributed by atoms with Crippen molar-refractivity contribution in [2.75, 3.05) is 11.9 Å². The molecule has 0 atom stereocenters. The van der Waals surface area contributed by atoms with Crippen LogP contribution in [0.2, 0.25) is 0 Å². The first-order chi connectivity index (χ1) is 19.0. The van der Waals surface area contributed by atoms with E-state index in [2.05, 4.69) is 112 Å². The molecule has 3 heterocycles. The standard InChI is InChI=1S/C31H30N8/c1-5-28-33-29-20(2)17-21(3)32-31(29)39(28)19-22-11-13-23(14-12-22)27-18-25(38(4)24-9-7-6-8-10-24)15-16-26(27)30-34-36-37-35-30/h6-18H,5,19H2,1-4H3,(H,34,35,36,37). The van der Waals surface area contributed by atoms with E-state index >= 15 is 0 Å². The fourth-order valence-electron chi connectivity index (χ4n) is 5.11. The molecule has 0 aliphatic rings. The van der Waals surface area contributed by atoms with Gasteiger partial charge in [-0.3, -0.25) is 0 Å². The van der Waals surface area contributed by atoms with E-state index in [0.717, 1.165) is 62.7 Å². The van der Waals surface area contributed by atoms with Crippen LogP contribution in [0, 0.1) is 13.8 Å². The summed E-state index contributed by atoms with van der Waals surface area (Å²) in [6.07, 6.45) is 0.850. The van der Waals surface area contributed by atoms with Crippen molar-refractivity contribution in [3.05, 3.63) is 102 Å². The first-order valence-corrected chi connectivity index (χ1v) is 13.1. The maximum absolute atomic E-state index is 4.90. The molecule has 0 saturated heterocycles. The Hall–Kier alpha value is -4.85. The van der Waals surface area contributed by atoms with Gasteiger partial charge in [-0.1, -0.05) is 49.4 Å². The lowest BCUT2D eigenvalue weighted by Gasteiger charge is -2.21. The Morgan fingerprint density at radius 3 is 2.36 bits per heavy atom. The summed E-state index contributed by atoms with van der Waals surface area (Å²) in [4.78, 5) is 11.9. The van der Waals surface area contributed by atoms with Gasteiger partial charge in [0.05, 0.1) is 6.54 Å². The number of fused-ring (bicyclic) bond motifs is 1. The Morgan fingerprint density at radius 2 is 1.64 bits per heavy atom. The highest BCUT2D eigenvalue weighted by Crippen LogP contribution is 2.35. The van der Waals surface area contributed by atoms with Crippen LogP contribution in [-0.4, -0.2) is 42.2 Å². The first-order valence-electron chi connectivity index (χ1n) is 13.1. The monoisotopic (exact) mass is 514 g/mol. The zero-order valence-corrected chi connectivity index (χ0v) is 22.6. The van der Waals surface area contributed by atoms with Gasteiger partial charge in [-0.05, 0) is 77.7 Å². The molecule has 8 heteroatoms. The average Bonchev–Trinajstić information content (AvgIpc) is 3.62. The van der Waals surface area contributed by atoms with Crippen LogP contribution in [0.1, 0.15) is 29.6 Å². The van der Waals surface area contributed by atoms with Crippen molar-refractivity contribution < 1.29 is 0 Å². The summed E-state index contributed by atoms with van der Waals surface area (Å²) < 4.78 is 2.24. The van der Waals surface area contributed by atoms with Gasteiger partial charge in [0, 0.05) is 36.1 Å². The number of para-hydroxylation sites is 1. The third-order valence-electron chi connectivity index (χ3n) is 7.14. The number of aromatic amines is 1. The molecule has 6 rings (SSSR count). The van der Waals surface area contributed by atoms with Crippen molar-refractivity contribution in [1.29, 1.82) is 0 Å². The minimum absolute atomic E-state index is 0.567. The number of imidazole rings is 1. The summed E-state index contributed by atoms with van der Waals surface area (Å²) in [6.45, 7) is 6.99. The van der Waals surface area contributed by atoms with Crippen LogP contribution in [0.5, 0.6) is 0 Å². The van der Waals surface area contributed by atoms with Gasteiger partial charge in [-0.15, -0.1) is 10.2 Å². The van der Waals surface area contributed by atoms with E-state index in [-0.39, 0.29) is 0 Å². The predicted octanol–water partition coefficient (Wildman–Crippen LogP) is 6.27. The largest absolute Gasteiger partial charge is 0.345 e. The fourth-order valence-corrected chi connectivity index (χ4v) is 5.11. The maximum atomic E-state index is 4.90. The van der Waals surface area contributed by atoms with E-state index in [1.54, 1.807) is 0 Å². The van der Waals surface area contributed by atoms with E-state index in [4.69, 9.17) is 9.97 Å². The molecule has 194 valence electrons. The minimum atomic E-state index is 0.567. The lowest BCUT2D eigenvalue weighted by atomic mass is 9.97. The highest BCUT2D eigenvalue weighted by Gasteiger charge is 2.16. The number of pyridine rings is 1. The van der Waals surface area contributed by atoms with Crippen LogP contribution < -0.4 is 4.90 Å². The zero-order valence-electron chi connectivity index (χ0n) is 22.6. The maximum Gasteiger partial charge on any atom is 0.205 e. The van der Waals surface area contributed by atoms with Gasteiger partial charge in [0.15, 0.2) is 5.65 Å². The number of rotatable bonds is 7. The Bertz CT molecular complexity index is 1740. The number of aryl methyl sites for hydroxylation is 3. The Morgan fingerprint density at radius 1 is 0.846 bits per heavy atom. The second kappa shape index (κ2) is 10.1. The lowest BCUT2D eigenvalue weighted by Crippen LogP contribution is -2.09. The van der Waals surface area contributed by atoms with Crippen LogP contribution in [-0.2, 0) is 13.0 Å². The van der Waals surface area contributed by atoms with Crippen LogP contribution >= 0.6 is 0 Å². The molecule has 0 fully saturated rings. The van der Waals surface area contributed by atoms with Gasteiger partial charge in [0.2, 0.25) is 5.82 Å². The lowest BCUT2D eigenvalue weighted by molar-refractivity contribution is 0.745. The number of benzene rings is 3. The van der Waals surface area contributed by atoms with Crippen molar-refractivity contribution in [1.82, 2.24) is 35.2 Å². The Kier molecular flexibility index (Phi) is 6.36. The Labute approximate surface area is 227 Å². The molecule has 0 bridgehead atoms. The van der Waals surface area contributed by atoms with Crippen molar-refractivity contribution in [3.63, 3.8) is 0 Å². The van der Waals surface area contributed by atoms with Gasteiger partial charge >= 0.3 is 0 Å². The van der Waals surface area contributed by atoms with Crippen molar-refractivity contribution in [2.24, 2.45) is 0 Å².